The average Bonchev–Trinajstić information content (AvgIpc) is 2.82. The molecule has 32 heavy (non-hydrogen) atoms. The lowest BCUT2D eigenvalue weighted by molar-refractivity contribution is -0.0891. The van der Waals surface area contributed by atoms with Gasteiger partial charge < -0.3 is 14.6 Å². The number of halogens is 1. The van der Waals surface area contributed by atoms with Crippen LogP contribution in [-0.4, -0.2) is 74.2 Å². The molecular formula is C22H23FN6O3. The Morgan fingerprint density at radius 1 is 1.12 bits per heavy atom. The van der Waals surface area contributed by atoms with Crippen LogP contribution in [0.4, 0.5) is 4.39 Å². The number of aromatic nitrogens is 5. The fourth-order valence-electron chi connectivity index (χ4n) is 4.58. The van der Waals surface area contributed by atoms with Crippen molar-refractivity contribution in [2.75, 3.05) is 20.7 Å². The van der Waals surface area contributed by atoms with Crippen molar-refractivity contribution in [2.24, 2.45) is 5.92 Å². The van der Waals surface area contributed by atoms with Crippen LogP contribution in [0.2, 0.25) is 0 Å². The Labute approximate surface area is 184 Å². The zero-order valence-electron chi connectivity index (χ0n) is 17.7. The van der Waals surface area contributed by atoms with Gasteiger partial charge in [-0.2, -0.15) is 9.97 Å². The number of ether oxygens (including phenoxy) is 2. The molecule has 3 aliphatic rings. The summed E-state index contributed by atoms with van der Waals surface area (Å²) >= 11 is 0. The second-order valence-corrected chi connectivity index (χ2v) is 8.16. The molecule has 2 bridgehead atoms. The maximum absolute atomic E-state index is 14.8. The Morgan fingerprint density at radius 3 is 2.69 bits per heavy atom. The third-order valence-electron chi connectivity index (χ3n) is 6.23. The van der Waals surface area contributed by atoms with Crippen molar-refractivity contribution in [3.63, 3.8) is 0 Å². The summed E-state index contributed by atoms with van der Waals surface area (Å²) in [7, 11) is 3.43. The first kappa shape index (κ1) is 20.5. The van der Waals surface area contributed by atoms with Gasteiger partial charge in [-0.25, -0.2) is 9.37 Å². The highest BCUT2D eigenvalue weighted by Gasteiger charge is 2.48. The van der Waals surface area contributed by atoms with Gasteiger partial charge in [0.15, 0.2) is 12.0 Å². The number of nitrogens with zero attached hydrogens (tertiary/aromatic N) is 6. The average molecular weight is 438 g/mol. The highest BCUT2D eigenvalue weighted by atomic mass is 19.1. The summed E-state index contributed by atoms with van der Waals surface area (Å²) in [6.45, 7) is 0.828. The van der Waals surface area contributed by atoms with E-state index >= 15 is 0 Å². The van der Waals surface area contributed by atoms with E-state index in [4.69, 9.17) is 9.47 Å². The molecule has 166 valence electrons. The van der Waals surface area contributed by atoms with Crippen LogP contribution in [0.3, 0.4) is 0 Å². The lowest BCUT2D eigenvalue weighted by atomic mass is 9.76. The van der Waals surface area contributed by atoms with Gasteiger partial charge >= 0.3 is 6.01 Å². The van der Waals surface area contributed by atoms with Gasteiger partial charge in [0.1, 0.15) is 18.2 Å². The Bertz CT molecular complexity index is 1110. The summed E-state index contributed by atoms with van der Waals surface area (Å²) in [6, 6.07) is 8.46. The third-order valence-corrected chi connectivity index (χ3v) is 6.23. The molecule has 1 saturated carbocycles. The lowest BCUT2D eigenvalue weighted by Gasteiger charge is -2.49. The SMILES string of the molecule is COc1ncnc(-c2ccc(-c3ccc(O[C@@H]4[C@H]5CC[C@H]([C@H]4F)N(C)C5)nn3)c(O)c2)n1. The van der Waals surface area contributed by atoms with E-state index in [1.165, 1.54) is 13.4 Å². The first-order chi connectivity index (χ1) is 15.5. The Balaban J connectivity index is 1.33. The van der Waals surface area contributed by atoms with Crippen molar-refractivity contribution in [3.8, 4) is 40.3 Å². The molecule has 9 nitrogen and oxygen atoms in total. The van der Waals surface area contributed by atoms with Crippen LogP contribution >= 0.6 is 0 Å². The number of hydrogen-bond donors (Lipinski definition) is 1. The first-order valence-electron chi connectivity index (χ1n) is 10.4. The monoisotopic (exact) mass is 438 g/mol. The Morgan fingerprint density at radius 2 is 2.00 bits per heavy atom. The second-order valence-electron chi connectivity index (χ2n) is 8.16. The van der Waals surface area contributed by atoms with Gasteiger partial charge in [0.05, 0.1) is 12.8 Å². The smallest absolute Gasteiger partial charge is 0.319 e. The molecule has 0 spiro atoms. The molecule has 4 atom stereocenters. The number of alkyl halides is 1. The predicted octanol–water partition coefficient (Wildman–Crippen LogP) is 2.52. The van der Waals surface area contributed by atoms with Crippen LogP contribution < -0.4 is 9.47 Å². The van der Waals surface area contributed by atoms with Crippen molar-refractivity contribution in [1.29, 1.82) is 0 Å². The minimum absolute atomic E-state index is 0.00120. The molecule has 2 saturated heterocycles. The summed E-state index contributed by atoms with van der Waals surface area (Å²) in [5.74, 6) is 0.806. The fourth-order valence-corrected chi connectivity index (χ4v) is 4.58. The molecule has 3 fully saturated rings. The van der Waals surface area contributed by atoms with E-state index in [9.17, 15) is 9.50 Å². The number of methoxy groups -OCH3 is 1. The maximum Gasteiger partial charge on any atom is 0.319 e. The quantitative estimate of drug-likeness (QED) is 0.643. The number of hydrogen-bond acceptors (Lipinski definition) is 9. The fraction of sp³-hybridized carbons (Fsp3) is 0.409. The predicted molar refractivity (Wildman–Crippen MR) is 113 cm³/mol. The minimum Gasteiger partial charge on any atom is -0.507 e. The van der Waals surface area contributed by atoms with E-state index in [-0.39, 0.29) is 29.6 Å². The molecule has 6 rings (SSSR count). The molecular weight excluding hydrogens is 415 g/mol. The molecule has 1 aliphatic carbocycles. The van der Waals surface area contributed by atoms with Gasteiger partial charge in [-0.3, -0.25) is 4.90 Å². The molecule has 4 heterocycles. The number of aromatic hydroxyl groups is 1. The van der Waals surface area contributed by atoms with Crippen LogP contribution in [0.5, 0.6) is 17.6 Å². The van der Waals surface area contributed by atoms with Crippen LogP contribution in [0.25, 0.3) is 22.6 Å². The van der Waals surface area contributed by atoms with Crippen molar-refractivity contribution < 1.29 is 19.0 Å². The van der Waals surface area contributed by atoms with Crippen molar-refractivity contribution >= 4 is 0 Å². The van der Waals surface area contributed by atoms with Gasteiger partial charge in [0.25, 0.3) is 0 Å². The van der Waals surface area contributed by atoms with Gasteiger partial charge in [0.2, 0.25) is 5.88 Å². The molecule has 1 aromatic carbocycles. The molecule has 0 unspecified atom stereocenters. The zero-order chi connectivity index (χ0) is 22.2. The highest BCUT2D eigenvalue weighted by Crippen LogP contribution is 2.38. The normalized spacial score (nSPS) is 25.0. The second kappa shape index (κ2) is 8.27. The summed E-state index contributed by atoms with van der Waals surface area (Å²) < 4.78 is 25.7. The largest absolute Gasteiger partial charge is 0.507 e. The molecule has 2 aromatic heterocycles. The number of piperidine rings is 2. The van der Waals surface area contributed by atoms with E-state index in [2.05, 4.69) is 30.0 Å². The summed E-state index contributed by atoms with van der Waals surface area (Å²) in [5.41, 5.74) is 1.57. The topological polar surface area (TPSA) is 106 Å². The summed E-state index contributed by atoms with van der Waals surface area (Å²) in [5, 5.41) is 18.8. The van der Waals surface area contributed by atoms with Gasteiger partial charge in [-0.1, -0.05) is 6.07 Å². The molecule has 2 aliphatic heterocycles. The number of phenols is 1. The van der Waals surface area contributed by atoms with Gasteiger partial charge in [-0.15, -0.1) is 10.2 Å². The van der Waals surface area contributed by atoms with Gasteiger partial charge in [0, 0.05) is 35.7 Å². The third kappa shape index (κ3) is 3.70. The number of phenolic OH excluding ortho intramolecular Hbond substituents is 1. The van der Waals surface area contributed by atoms with E-state index in [1.54, 1.807) is 30.3 Å². The van der Waals surface area contributed by atoms with Crippen LogP contribution in [0.1, 0.15) is 12.8 Å². The molecule has 1 N–H and O–H groups in total. The summed E-state index contributed by atoms with van der Waals surface area (Å²) in [4.78, 5) is 14.2. The minimum atomic E-state index is -1.04. The van der Waals surface area contributed by atoms with Crippen LogP contribution in [0.15, 0.2) is 36.7 Å². The Kier molecular flexibility index (Phi) is 5.30. The van der Waals surface area contributed by atoms with Crippen molar-refractivity contribution in [2.45, 2.75) is 31.2 Å². The van der Waals surface area contributed by atoms with Crippen molar-refractivity contribution in [3.05, 3.63) is 36.7 Å². The molecule has 0 amide bonds. The first-order valence-corrected chi connectivity index (χ1v) is 10.4. The number of benzene rings is 1. The number of fused-ring (bicyclic) bond motifs is 3. The lowest BCUT2D eigenvalue weighted by Crippen LogP contribution is -2.61. The molecule has 10 heteroatoms. The van der Waals surface area contributed by atoms with Crippen LogP contribution in [-0.2, 0) is 0 Å². The number of rotatable bonds is 5. The highest BCUT2D eigenvalue weighted by molar-refractivity contribution is 5.71. The molecule has 3 aromatic rings. The maximum atomic E-state index is 14.8. The summed E-state index contributed by atoms with van der Waals surface area (Å²) in [6.07, 6.45) is 1.61. The standard InChI is InChI=1S/C22H23FN6O3/c1-29-10-13-4-7-16(29)19(23)20(13)32-18-8-6-15(27-28-18)14-5-3-12(9-17(14)30)21-24-11-25-22(26-21)31-2/h3,5-6,8-9,11,13,16,19-20,30H,4,7,10H2,1-2H3/t13-,16+,19+,20+/m0/s1. The van der Waals surface area contributed by atoms with E-state index < -0.39 is 12.3 Å². The molecule has 0 radical (unpaired) electrons. The van der Waals surface area contributed by atoms with Crippen LogP contribution in [0, 0.1) is 5.92 Å². The van der Waals surface area contributed by atoms with E-state index in [0.717, 1.165) is 19.4 Å². The van der Waals surface area contributed by atoms with E-state index in [1.807, 2.05) is 7.05 Å². The van der Waals surface area contributed by atoms with Crippen molar-refractivity contribution in [1.82, 2.24) is 30.0 Å². The zero-order valence-corrected chi connectivity index (χ0v) is 17.7. The Hall–Kier alpha value is -3.40. The van der Waals surface area contributed by atoms with E-state index in [0.29, 0.717) is 22.6 Å². The van der Waals surface area contributed by atoms with Gasteiger partial charge in [-0.05, 0) is 38.1 Å².